The average Bonchev–Trinajstić information content (AvgIpc) is 2.38. The number of carbonyl (C=O) groups is 1. The van der Waals surface area contributed by atoms with Gasteiger partial charge in [-0.2, -0.15) is 0 Å². The van der Waals surface area contributed by atoms with Gasteiger partial charge in [-0.05, 0) is 24.1 Å². The Morgan fingerprint density at radius 2 is 1.58 bits per heavy atom. The molecule has 2 rings (SSSR count). The molecule has 0 saturated carbocycles. The topological polar surface area (TPSA) is 46.5 Å². The fourth-order valence-electron chi connectivity index (χ4n) is 1.45. The summed E-state index contributed by atoms with van der Waals surface area (Å²) in [5.41, 5.74) is 2.37. The Labute approximate surface area is 113 Å². The van der Waals surface area contributed by atoms with Crippen molar-refractivity contribution in [2.45, 2.75) is 20.5 Å². The summed E-state index contributed by atoms with van der Waals surface area (Å²) in [5.74, 6) is 0.126. The minimum atomic E-state index is -0.833. The van der Waals surface area contributed by atoms with Crippen LogP contribution in [0.25, 0.3) is 0 Å². The van der Waals surface area contributed by atoms with Crippen LogP contribution in [0.3, 0.4) is 0 Å². The average molecular weight is 258 g/mol. The quantitative estimate of drug-likeness (QED) is 0.913. The van der Waals surface area contributed by atoms with Gasteiger partial charge in [0.05, 0.1) is 0 Å². The molecule has 0 amide bonds. The Bertz CT molecular complexity index is 502. The fourth-order valence-corrected chi connectivity index (χ4v) is 1.45. The van der Waals surface area contributed by atoms with Crippen molar-refractivity contribution in [1.29, 1.82) is 0 Å². The number of benzene rings is 2. The predicted molar refractivity (Wildman–Crippen MR) is 75.3 cm³/mol. The second-order valence-corrected chi connectivity index (χ2v) is 4.06. The summed E-state index contributed by atoms with van der Waals surface area (Å²) in [4.78, 5) is 9.00. The molecule has 0 atom stereocenters. The van der Waals surface area contributed by atoms with Crippen LogP contribution in [0.15, 0.2) is 54.6 Å². The highest BCUT2D eigenvalue weighted by molar-refractivity contribution is 5.62. The third-order valence-corrected chi connectivity index (χ3v) is 2.33. The maximum atomic E-state index is 9.00. The van der Waals surface area contributed by atoms with Gasteiger partial charge in [0.25, 0.3) is 5.97 Å². The van der Waals surface area contributed by atoms with Gasteiger partial charge in [0, 0.05) is 6.92 Å². The standard InChI is InChI=1S/C14H14O.C2H4O2/c1-12-7-5-6-10-14(12)15-11-13-8-3-2-4-9-13;1-2(3)4/h2-10H,11H2,1H3;1H3,(H,3,4). The Morgan fingerprint density at radius 1 is 1.05 bits per heavy atom. The van der Waals surface area contributed by atoms with Crippen LogP contribution in [0, 0.1) is 6.92 Å². The molecule has 2 aromatic carbocycles. The number of aliphatic carboxylic acids is 1. The van der Waals surface area contributed by atoms with Crippen LogP contribution in [-0.4, -0.2) is 11.1 Å². The van der Waals surface area contributed by atoms with Crippen LogP contribution >= 0.6 is 0 Å². The SMILES string of the molecule is CC(=O)O.Cc1ccccc1OCc1ccccc1. The molecule has 1 N–H and O–H groups in total. The third-order valence-electron chi connectivity index (χ3n) is 2.33. The maximum Gasteiger partial charge on any atom is 0.300 e. The van der Waals surface area contributed by atoms with Gasteiger partial charge in [0.2, 0.25) is 0 Å². The number of carboxylic acids is 1. The molecule has 100 valence electrons. The number of para-hydroxylation sites is 1. The Morgan fingerprint density at radius 3 is 2.16 bits per heavy atom. The smallest absolute Gasteiger partial charge is 0.300 e. The Hall–Kier alpha value is -2.29. The molecule has 3 heteroatoms. The van der Waals surface area contributed by atoms with E-state index < -0.39 is 5.97 Å². The zero-order valence-electron chi connectivity index (χ0n) is 11.2. The van der Waals surface area contributed by atoms with E-state index in [2.05, 4.69) is 25.1 Å². The van der Waals surface area contributed by atoms with Gasteiger partial charge in [-0.25, -0.2) is 0 Å². The van der Waals surface area contributed by atoms with Gasteiger partial charge in [-0.1, -0.05) is 48.5 Å². The first-order valence-electron chi connectivity index (χ1n) is 6.01. The van der Waals surface area contributed by atoms with Crippen LogP contribution in [0.1, 0.15) is 18.1 Å². The van der Waals surface area contributed by atoms with E-state index >= 15 is 0 Å². The van der Waals surface area contributed by atoms with Crippen LogP contribution in [0.2, 0.25) is 0 Å². The molecular formula is C16H18O3. The first kappa shape index (κ1) is 14.8. The zero-order chi connectivity index (χ0) is 14.1. The maximum absolute atomic E-state index is 9.00. The molecule has 0 saturated heterocycles. The van der Waals surface area contributed by atoms with E-state index in [4.69, 9.17) is 14.6 Å². The molecule has 0 spiro atoms. The first-order valence-corrected chi connectivity index (χ1v) is 6.01. The number of aryl methyl sites for hydroxylation is 1. The monoisotopic (exact) mass is 258 g/mol. The van der Waals surface area contributed by atoms with E-state index in [9.17, 15) is 0 Å². The number of carboxylic acid groups (broad SMARTS) is 1. The van der Waals surface area contributed by atoms with Gasteiger partial charge in [0.15, 0.2) is 0 Å². The molecule has 0 fully saturated rings. The van der Waals surface area contributed by atoms with Crippen molar-refractivity contribution in [1.82, 2.24) is 0 Å². The molecule has 3 nitrogen and oxygen atoms in total. The summed E-state index contributed by atoms with van der Waals surface area (Å²) >= 11 is 0. The van der Waals surface area contributed by atoms with Crippen LogP contribution in [0.4, 0.5) is 0 Å². The van der Waals surface area contributed by atoms with Crippen molar-refractivity contribution in [3.8, 4) is 5.75 Å². The molecule has 2 aromatic rings. The van der Waals surface area contributed by atoms with E-state index in [1.807, 2.05) is 36.4 Å². The molecule has 19 heavy (non-hydrogen) atoms. The first-order chi connectivity index (χ1) is 9.09. The summed E-state index contributed by atoms with van der Waals surface area (Å²) in [6, 6.07) is 18.3. The highest BCUT2D eigenvalue weighted by Gasteiger charge is 1.97. The fraction of sp³-hybridized carbons (Fsp3) is 0.188. The largest absolute Gasteiger partial charge is 0.489 e. The second-order valence-electron chi connectivity index (χ2n) is 4.06. The van der Waals surface area contributed by atoms with Crippen molar-refractivity contribution in [2.75, 3.05) is 0 Å². The lowest BCUT2D eigenvalue weighted by atomic mass is 10.2. The zero-order valence-corrected chi connectivity index (χ0v) is 11.2. The highest BCUT2D eigenvalue weighted by atomic mass is 16.5. The van der Waals surface area contributed by atoms with E-state index in [-0.39, 0.29) is 0 Å². The van der Waals surface area contributed by atoms with Gasteiger partial charge in [0.1, 0.15) is 12.4 Å². The third kappa shape index (κ3) is 6.27. The molecule has 0 aromatic heterocycles. The second kappa shape index (κ2) is 7.93. The van der Waals surface area contributed by atoms with Crippen LogP contribution in [0.5, 0.6) is 5.75 Å². The number of hydrogen-bond acceptors (Lipinski definition) is 2. The highest BCUT2D eigenvalue weighted by Crippen LogP contribution is 2.17. The lowest BCUT2D eigenvalue weighted by molar-refractivity contribution is -0.134. The minimum Gasteiger partial charge on any atom is -0.489 e. The van der Waals surface area contributed by atoms with Crippen molar-refractivity contribution in [3.63, 3.8) is 0 Å². The number of hydrogen-bond donors (Lipinski definition) is 1. The normalized spacial score (nSPS) is 9.16. The van der Waals surface area contributed by atoms with E-state index in [1.165, 1.54) is 11.1 Å². The van der Waals surface area contributed by atoms with Crippen molar-refractivity contribution < 1.29 is 14.6 Å². The lowest BCUT2D eigenvalue weighted by Gasteiger charge is -2.08. The van der Waals surface area contributed by atoms with Gasteiger partial charge in [-0.3, -0.25) is 4.79 Å². The van der Waals surface area contributed by atoms with Gasteiger partial charge >= 0.3 is 0 Å². The van der Waals surface area contributed by atoms with E-state index in [1.54, 1.807) is 0 Å². The molecule has 0 aliphatic heterocycles. The van der Waals surface area contributed by atoms with Crippen molar-refractivity contribution in [2.24, 2.45) is 0 Å². The summed E-state index contributed by atoms with van der Waals surface area (Å²) in [6.07, 6.45) is 0. The number of ether oxygens (including phenoxy) is 1. The predicted octanol–water partition coefficient (Wildman–Crippen LogP) is 3.66. The molecule has 0 unspecified atom stereocenters. The molecule has 0 bridgehead atoms. The molecule has 0 aliphatic carbocycles. The Kier molecular flexibility index (Phi) is 6.16. The van der Waals surface area contributed by atoms with Crippen molar-refractivity contribution in [3.05, 3.63) is 65.7 Å². The van der Waals surface area contributed by atoms with E-state index in [0.29, 0.717) is 6.61 Å². The molecular weight excluding hydrogens is 240 g/mol. The van der Waals surface area contributed by atoms with E-state index in [0.717, 1.165) is 12.7 Å². The molecule has 0 heterocycles. The minimum absolute atomic E-state index is 0.631. The van der Waals surface area contributed by atoms with Crippen LogP contribution < -0.4 is 4.74 Å². The van der Waals surface area contributed by atoms with Gasteiger partial charge < -0.3 is 9.84 Å². The van der Waals surface area contributed by atoms with Crippen molar-refractivity contribution >= 4 is 5.97 Å². The van der Waals surface area contributed by atoms with Gasteiger partial charge in [-0.15, -0.1) is 0 Å². The Balaban J connectivity index is 0.000000399. The summed E-state index contributed by atoms with van der Waals surface area (Å²) in [6.45, 7) is 3.77. The summed E-state index contributed by atoms with van der Waals surface area (Å²) in [5, 5.41) is 7.42. The lowest BCUT2D eigenvalue weighted by Crippen LogP contribution is -1.96. The summed E-state index contributed by atoms with van der Waals surface area (Å²) in [7, 11) is 0. The number of rotatable bonds is 3. The molecule has 0 radical (unpaired) electrons. The molecule has 0 aliphatic rings. The summed E-state index contributed by atoms with van der Waals surface area (Å²) < 4.78 is 5.72. The van der Waals surface area contributed by atoms with Crippen LogP contribution in [-0.2, 0) is 11.4 Å².